The Hall–Kier alpha value is -2.33. The van der Waals surface area contributed by atoms with Crippen molar-refractivity contribution in [3.63, 3.8) is 0 Å². The topological polar surface area (TPSA) is 61.4 Å². The molecule has 2 aromatic carbocycles. The van der Waals surface area contributed by atoms with E-state index in [9.17, 15) is 4.79 Å². The standard InChI is InChI=1S/C17H20N2O2/c1-2-16(13-7-4-3-5-8-13)18-14-9-6-10-15(11-14)19-17(21)12-20/h3-11,16,18,20H,2,12H2,1H3,(H,19,21)/t16-/m0/s1. The molecule has 21 heavy (non-hydrogen) atoms. The summed E-state index contributed by atoms with van der Waals surface area (Å²) < 4.78 is 0. The van der Waals surface area contributed by atoms with Crippen molar-refractivity contribution in [2.24, 2.45) is 0 Å². The first-order valence-electron chi connectivity index (χ1n) is 7.05. The quantitative estimate of drug-likeness (QED) is 0.763. The summed E-state index contributed by atoms with van der Waals surface area (Å²) in [5.41, 5.74) is 2.83. The molecule has 1 amide bonds. The van der Waals surface area contributed by atoms with E-state index in [1.807, 2.05) is 36.4 Å². The molecule has 2 rings (SSSR count). The average Bonchev–Trinajstić information content (AvgIpc) is 2.53. The van der Waals surface area contributed by atoms with Crippen LogP contribution in [0.5, 0.6) is 0 Å². The van der Waals surface area contributed by atoms with Gasteiger partial charge in [0.1, 0.15) is 6.61 Å². The van der Waals surface area contributed by atoms with E-state index in [4.69, 9.17) is 5.11 Å². The van der Waals surface area contributed by atoms with Gasteiger partial charge in [-0.3, -0.25) is 4.79 Å². The Labute approximate surface area is 124 Å². The maximum Gasteiger partial charge on any atom is 0.250 e. The minimum atomic E-state index is -0.515. The van der Waals surface area contributed by atoms with Crippen LogP contribution in [0.1, 0.15) is 24.9 Å². The second kappa shape index (κ2) is 7.45. The van der Waals surface area contributed by atoms with Gasteiger partial charge in [0.05, 0.1) is 6.04 Å². The van der Waals surface area contributed by atoms with Crippen molar-refractivity contribution in [1.29, 1.82) is 0 Å². The normalized spacial score (nSPS) is 11.7. The van der Waals surface area contributed by atoms with Crippen LogP contribution in [0.15, 0.2) is 54.6 Å². The molecule has 0 radical (unpaired) electrons. The summed E-state index contributed by atoms with van der Waals surface area (Å²) in [7, 11) is 0. The first kappa shape index (κ1) is 15.1. The zero-order chi connectivity index (χ0) is 15.1. The number of hydrogen-bond acceptors (Lipinski definition) is 3. The minimum Gasteiger partial charge on any atom is -0.387 e. The van der Waals surface area contributed by atoms with Crippen molar-refractivity contribution in [2.45, 2.75) is 19.4 Å². The maximum absolute atomic E-state index is 11.2. The van der Waals surface area contributed by atoms with Crippen LogP contribution in [-0.4, -0.2) is 17.6 Å². The van der Waals surface area contributed by atoms with E-state index in [1.165, 1.54) is 5.56 Å². The van der Waals surface area contributed by atoms with E-state index in [-0.39, 0.29) is 6.04 Å². The molecule has 0 unspecified atom stereocenters. The van der Waals surface area contributed by atoms with E-state index in [0.717, 1.165) is 12.1 Å². The summed E-state index contributed by atoms with van der Waals surface area (Å²) in [6, 6.07) is 17.9. The number of aliphatic hydroxyl groups is 1. The van der Waals surface area contributed by atoms with Gasteiger partial charge in [-0.15, -0.1) is 0 Å². The van der Waals surface area contributed by atoms with Crippen molar-refractivity contribution in [2.75, 3.05) is 17.2 Å². The molecule has 0 spiro atoms. The highest BCUT2D eigenvalue weighted by Gasteiger charge is 2.09. The molecular formula is C17H20N2O2. The molecule has 0 fully saturated rings. The molecule has 0 bridgehead atoms. The van der Waals surface area contributed by atoms with Crippen molar-refractivity contribution < 1.29 is 9.90 Å². The maximum atomic E-state index is 11.2. The highest BCUT2D eigenvalue weighted by molar-refractivity contribution is 5.91. The fraction of sp³-hybridized carbons (Fsp3) is 0.235. The number of carbonyl (C=O) groups is 1. The Morgan fingerprint density at radius 1 is 1.10 bits per heavy atom. The monoisotopic (exact) mass is 284 g/mol. The van der Waals surface area contributed by atoms with Gasteiger partial charge in [0.15, 0.2) is 0 Å². The molecule has 0 aromatic heterocycles. The third-order valence-corrected chi connectivity index (χ3v) is 3.24. The SMILES string of the molecule is CC[C@H](Nc1cccc(NC(=O)CO)c1)c1ccccc1. The zero-order valence-electron chi connectivity index (χ0n) is 12.0. The second-order valence-electron chi connectivity index (χ2n) is 4.80. The molecule has 0 aliphatic rings. The third-order valence-electron chi connectivity index (χ3n) is 3.24. The lowest BCUT2D eigenvalue weighted by molar-refractivity contribution is -0.118. The van der Waals surface area contributed by atoms with Crippen LogP contribution in [-0.2, 0) is 4.79 Å². The summed E-state index contributed by atoms with van der Waals surface area (Å²) in [5, 5.41) is 14.9. The van der Waals surface area contributed by atoms with Gasteiger partial charge >= 0.3 is 0 Å². The molecule has 110 valence electrons. The highest BCUT2D eigenvalue weighted by Crippen LogP contribution is 2.24. The van der Waals surface area contributed by atoms with Crippen molar-refractivity contribution in [3.05, 3.63) is 60.2 Å². The van der Waals surface area contributed by atoms with Crippen LogP contribution >= 0.6 is 0 Å². The summed E-state index contributed by atoms with van der Waals surface area (Å²) in [4.78, 5) is 11.2. The Balaban J connectivity index is 2.11. The largest absolute Gasteiger partial charge is 0.387 e. The van der Waals surface area contributed by atoms with Gasteiger partial charge in [-0.2, -0.15) is 0 Å². The lowest BCUT2D eigenvalue weighted by Crippen LogP contribution is -2.15. The number of hydrogen-bond donors (Lipinski definition) is 3. The van der Waals surface area contributed by atoms with Crippen molar-refractivity contribution >= 4 is 17.3 Å². The summed E-state index contributed by atoms with van der Waals surface area (Å²) in [6.07, 6.45) is 0.956. The molecule has 0 heterocycles. The fourth-order valence-corrected chi connectivity index (χ4v) is 2.19. The molecule has 4 heteroatoms. The number of carbonyl (C=O) groups excluding carboxylic acids is 1. The predicted molar refractivity (Wildman–Crippen MR) is 85.3 cm³/mol. The van der Waals surface area contributed by atoms with E-state index in [0.29, 0.717) is 5.69 Å². The van der Waals surface area contributed by atoms with Gasteiger partial charge in [-0.25, -0.2) is 0 Å². The summed E-state index contributed by atoms with van der Waals surface area (Å²) in [6.45, 7) is 1.61. The number of amides is 1. The Kier molecular flexibility index (Phi) is 5.35. The van der Waals surface area contributed by atoms with Gasteiger partial charge in [-0.05, 0) is 30.2 Å². The molecule has 1 atom stereocenters. The third kappa shape index (κ3) is 4.33. The molecule has 0 saturated carbocycles. The van der Waals surface area contributed by atoms with E-state index in [2.05, 4.69) is 29.7 Å². The lowest BCUT2D eigenvalue weighted by Gasteiger charge is -2.19. The van der Waals surface area contributed by atoms with Crippen molar-refractivity contribution in [1.82, 2.24) is 0 Å². The molecular weight excluding hydrogens is 264 g/mol. The van der Waals surface area contributed by atoms with Gasteiger partial charge in [0.25, 0.3) is 0 Å². The Morgan fingerprint density at radius 2 is 1.81 bits per heavy atom. The van der Waals surface area contributed by atoms with E-state index < -0.39 is 12.5 Å². The first-order valence-corrected chi connectivity index (χ1v) is 7.05. The minimum absolute atomic E-state index is 0.218. The van der Waals surface area contributed by atoms with Crippen LogP contribution in [0, 0.1) is 0 Å². The molecule has 0 aliphatic heterocycles. The van der Waals surface area contributed by atoms with Crippen LogP contribution in [0.4, 0.5) is 11.4 Å². The average molecular weight is 284 g/mol. The van der Waals surface area contributed by atoms with Gasteiger partial charge < -0.3 is 15.7 Å². The fourth-order valence-electron chi connectivity index (χ4n) is 2.19. The van der Waals surface area contributed by atoms with Crippen LogP contribution in [0.25, 0.3) is 0 Å². The second-order valence-corrected chi connectivity index (χ2v) is 4.80. The number of benzene rings is 2. The molecule has 0 aliphatic carbocycles. The van der Waals surface area contributed by atoms with Crippen LogP contribution in [0.3, 0.4) is 0 Å². The molecule has 4 nitrogen and oxygen atoms in total. The first-order chi connectivity index (χ1) is 10.2. The molecule has 3 N–H and O–H groups in total. The Bertz CT molecular complexity index is 584. The smallest absolute Gasteiger partial charge is 0.250 e. The van der Waals surface area contributed by atoms with Crippen LogP contribution in [0.2, 0.25) is 0 Å². The number of nitrogens with one attached hydrogen (secondary N) is 2. The van der Waals surface area contributed by atoms with Crippen LogP contribution < -0.4 is 10.6 Å². The Morgan fingerprint density at radius 3 is 2.48 bits per heavy atom. The lowest BCUT2D eigenvalue weighted by atomic mass is 10.0. The summed E-state index contributed by atoms with van der Waals surface area (Å²) >= 11 is 0. The zero-order valence-corrected chi connectivity index (χ0v) is 12.0. The van der Waals surface area contributed by atoms with Gasteiger partial charge in [0.2, 0.25) is 5.91 Å². The van der Waals surface area contributed by atoms with E-state index in [1.54, 1.807) is 6.07 Å². The van der Waals surface area contributed by atoms with Gasteiger partial charge in [-0.1, -0.05) is 43.3 Å². The van der Waals surface area contributed by atoms with Gasteiger partial charge in [0, 0.05) is 11.4 Å². The molecule has 2 aromatic rings. The number of anilines is 2. The number of rotatable bonds is 6. The van der Waals surface area contributed by atoms with Crippen molar-refractivity contribution in [3.8, 4) is 0 Å². The number of aliphatic hydroxyl groups excluding tert-OH is 1. The van der Waals surface area contributed by atoms with E-state index >= 15 is 0 Å². The highest BCUT2D eigenvalue weighted by atomic mass is 16.3. The summed E-state index contributed by atoms with van der Waals surface area (Å²) in [5.74, 6) is -0.415. The molecule has 0 saturated heterocycles. The predicted octanol–water partition coefficient (Wildman–Crippen LogP) is 3.18.